The van der Waals surface area contributed by atoms with E-state index in [9.17, 15) is 0 Å². The third-order valence-corrected chi connectivity index (χ3v) is 7.30. The summed E-state index contributed by atoms with van der Waals surface area (Å²) in [5.74, 6) is 0.924. The van der Waals surface area contributed by atoms with Crippen molar-refractivity contribution in [3.8, 4) is 5.75 Å². The first-order valence-electron chi connectivity index (χ1n) is 13.3. The Labute approximate surface area is 200 Å². The second-order valence-electron chi connectivity index (χ2n) is 9.82. The zero-order valence-corrected chi connectivity index (χ0v) is 20.8. The monoisotopic (exact) mass is 443 g/mol. The lowest BCUT2D eigenvalue weighted by molar-refractivity contribution is 0.414. The quantitative estimate of drug-likeness (QED) is 0.262. The molecule has 1 aliphatic rings. The van der Waals surface area contributed by atoms with Gasteiger partial charge in [-0.2, -0.15) is 0 Å². The van der Waals surface area contributed by atoms with Gasteiger partial charge in [0.1, 0.15) is 5.75 Å². The molecule has 0 N–H and O–H groups in total. The van der Waals surface area contributed by atoms with E-state index in [0.717, 1.165) is 18.6 Å². The summed E-state index contributed by atoms with van der Waals surface area (Å²) in [5.41, 5.74) is 8.38. The molecule has 2 nitrogen and oxygen atoms in total. The van der Waals surface area contributed by atoms with Crippen LogP contribution in [-0.2, 0) is 25.7 Å². The molecule has 0 aliphatic heterocycles. The van der Waals surface area contributed by atoms with Crippen molar-refractivity contribution in [3.05, 3.63) is 70.4 Å². The number of benzene rings is 2. The lowest BCUT2D eigenvalue weighted by atomic mass is 9.86. The van der Waals surface area contributed by atoms with E-state index in [-0.39, 0.29) is 0 Å². The zero-order chi connectivity index (χ0) is 22.9. The second kappa shape index (κ2) is 12.2. The van der Waals surface area contributed by atoms with Crippen molar-refractivity contribution in [3.63, 3.8) is 0 Å². The van der Waals surface area contributed by atoms with Gasteiger partial charge >= 0.3 is 0 Å². The highest BCUT2D eigenvalue weighted by Gasteiger charge is 2.18. The Balaban J connectivity index is 1.50. The van der Waals surface area contributed by atoms with Crippen LogP contribution < -0.4 is 4.74 Å². The number of hydrogen-bond acceptors (Lipinski definition) is 2. The molecule has 0 saturated heterocycles. The van der Waals surface area contributed by atoms with Crippen molar-refractivity contribution in [1.82, 2.24) is 4.98 Å². The maximum absolute atomic E-state index is 5.37. The minimum absolute atomic E-state index is 0.924. The van der Waals surface area contributed by atoms with Gasteiger partial charge in [0.05, 0.1) is 12.6 Å². The van der Waals surface area contributed by atoms with Crippen molar-refractivity contribution in [2.45, 2.75) is 96.8 Å². The van der Waals surface area contributed by atoms with Gasteiger partial charge in [0.15, 0.2) is 0 Å². The third-order valence-electron chi connectivity index (χ3n) is 7.30. The van der Waals surface area contributed by atoms with E-state index in [1.165, 1.54) is 116 Å². The maximum Gasteiger partial charge on any atom is 0.118 e. The molecule has 2 heteroatoms. The molecule has 1 aliphatic carbocycles. The van der Waals surface area contributed by atoms with Crippen LogP contribution in [0.15, 0.2) is 42.5 Å². The van der Waals surface area contributed by atoms with E-state index in [1.54, 1.807) is 7.11 Å². The Morgan fingerprint density at radius 3 is 2.24 bits per heavy atom. The van der Waals surface area contributed by atoms with Crippen molar-refractivity contribution in [2.24, 2.45) is 0 Å². The molecule has 0 bridgehead atoms. The summed E-state index contributed by atoms with van der Waals surface area (Å²) in [4.78, 5) is 5.11. The van der Waals surface area contributed by atoms with Crippen molar-refractivity contribution in [2.75, 3.05) is 7.11 Å². The minimum atomic E-state index is 0.924. The Morgan fingerprint density at radius 1 is 0.788 bits per heavy atom. The van der Waals surface area contributed by atoms with Crippen LogP contribution in [0.25, 0.3) is 10.9 Å². The van der Waals surface area contributed by atoms with Gasteiger partial charge in [-0.25, -0.2) is 0 Å². The zero-order valence-electron chi connectivity index (χ0n) is 20.8. The second-order valence-corrected chi connectivity index (χ2v) is 9.82. The van der Waals surface area contributed by atoms with Crippen LogP contribution >= 0.6 is 0 Å². The van der Waals surface area contributed by atoms with Gasteiger partial charge in [-0.15, -0.1) is 0 Å². The molecule has 0 saturated carbocycles. The molecular formula is C31H41NO. The molecule has 0 radical (unpaired) electrons. The molecule has 33 heavy (non-hydrogen) atoms. The number of pyridine rings is 1. The summed E-state index contributed by atoms with van der Waals surface area (Å²) in [6.45, 7) is 2.29. The van der Waals surface area contributed by atoms with Gasteiger partial charge in [0, 0.05) is 11.1 Å². The normalized spacial score (nSPS) is 13.3. The SMILES string of the molecule is CCCCCCCCCCc1ccc2nc3c(c(Cc4ccc(OC)cc4)c2c1)CCCC3. The van der Waals surface area contributed by atoms with Crippen LogP contribution in [0.2, 0.25) is 0 Å². The molecule has 1 heterocycles. The number of hydrogen-bond donors (Lipinski definition) is 0. The van der Waals surface area contributed by atoms with Crippen LogP contribution in [0.1, 0.15) is 99.1 Å². The summed E-state index contributed by atoms with van der Waals surface area (Å²) >= 11 is 0. The maximum atomic E-state index is 5.37. The molecule has 4 rings (SSSR count). The number of aromatic nitrogens is 1. The first-order valence-corrected chi connectivity index (χ1v) is 13.3. The van der Waals surface area contributed by atoms with Gasteiger partial charge in [-0.05, 0) is 91.5 Å². The van der Waals surface area contributed by atoms with Gasteiger partial charge < -0.3 is 4.74 Å². The van der Waals surface area contributed by atoms with E-state index in [2.05, 4.69) is 49.4 Å². The van der Waals surface area contributed by atoms with Gasteiger partial charge in [0.2, 0.25) is 0 Å². The summed E-state index contributed by atoms with van der Waals surface area (Å²) in [5, 5.41) is 1.38. The summed E-state index contributed by atoms with van der Waals surface area (Å²) in [6.07, 6.45) is 18.0. The minimum Gasteiger partial charge on any atom is -0.497 e. The van der Waals surface area contributed by atoms with Crippen molar-refractivity contribution < 1.29 is 4.74 Å². The van der Waals surface area contributed by atoms with E-state index in [0.29, 0.717) is 0 Å². The Bertz CT molecular complexity index is 1020. The molecule has 0 atom stereocenters. The van der Waals surface area contributed by atoms with Crippen LogP contribution in [-0.4, -0.2) is 12.1 Å². The number of methoxy groups -OCH3 is 1. The van der Waals surface area contributed by atoms with Crippen molar-refractivity contribution in [1.29, 1.82) is 0 Å². The molecule has 2 aromatic carbocycles. The van der Waals surface area contributed by atoms with Gasteiger partial charge in [0.25, 0.3) is 0 Å². The highest BCUT2D eigenvalue weighted by atomic mass is 16.5. The summed E-state index contributed by atoms with van der Waals surface area (Å²) in [6, 6.07) is 15.6. The number of nitrogens with zero attached hydrogens (tertiary/aromatic N) is 1. The van der Waals surface area contributed by atoms with Crippen LogP contribution in [0.3, 0.4) is 0 Å². The number of unbranched alkanes of at least 4 members (excludes halogenated alkanes) is 7. The molecule has 0 unspecified atom stereocenters. The highest BCUT2D eigenvalue weighted by molar-refractivity contribution is 5.85. The Morgan fingerprint density at radius 2 is 1.48 bits per heavy atom. The van der Waals surface area contributed by atoms with Crippen LogP contribution in [0.4, 0.5) is 0 Å². The van der Waals surface area contributed by atoms with E-state index >= 15 is 0 Å². The number of rotatable bonds is 12. The first-order chi connectivity index (χ1) is 16.3. The molecule has 1 aromatic heterocycles. The fraction of sp³-hybridized carbons (Fsp3) is 0.516. The largest absolute Gasteiger partial charge is 0.497 e. The highest BCUT2D eigenvalue weighted by Crippen LogP contribution is 2.32. The van der Waals surface area contributed by atoms with Crippen LogP contribution in [0, 0.1) is 0 Å². The molecular weight excluding hydrogens is 402 g/mol. The average Bonchev–Trinajstić information content (AvgIpc) is 2.86. The summed E-state index contributed by atoms with van der Waals surface area (Å²) in [7, 11) is 1.73. The molecule has 0 spiro atoms. The standard InChI is InChI=1S/C31H41NO/c1-3-4-5-6-7-8-9-10-13-24-18-21-31-29(23-24)28(27-14-11-12-15-30(27)32-31)22-25-16-19-26(33-2)20-17-25/h16-21,23H,3-15,22H2,1-2H3. The van der Waals surface area contributed by atoms with Gasteiger partial charge in [-0.3, -0.25) is 4.98 Å². The predicted octanol–water partition coefficient (Wildman–Crippen LogP) is 8.40. The average molecular weight is 444 g/mol. The topological polar surface area (TPSA) is 22.1 Å². The first kappa shape index (κ1) is 23.8. The Hall–Kier alpha value is -2.35. The van der Waals surface area contributed by atoms with Crippen molar-refractivity contribution >= 4 is 10.9 Å². The fourth-order valence-corrected chi connectivity index (χ4v) is 5.34. The Kier molecular flexibility index (Phi) is 8.80. The molecule has 176 valence electrons. The van der Waals surface area contributed by atoms with E-state index in [4.69, 9.17) is 9.72 Å². The van der Waals surface area contributed by atoms with Gasteiger partial charge in [-0.1, -0.05) is 70.1 Å². The molecule has 0 amide bonds. The lowest BCUT2D eigenvalue weighted by Gasteiger charge is -2.21. The smallest absolute Gasteiger partial charge is 0.118 e. The fourth-order valence-electron chi connectivity index (χ4n) is 5.34. The number of fused-ring (bicyclic) bond motifs is 2. The van der Waals surface area contributed by atoms with E-state index < -0.39 is 0 Å². The lowest BCUT2D eigenvalue weighted by Crippen LogP contribution is -2.10. The predicted molar refractivity (Wildman–Crippen MR) is 140 cm³/mol. The molecule has 3 aromatic rings. The van der Waals surface area contributed by atoms with E-state index in [1.807, 2.05) is 0 Å². The van der Waals surface area contributed by atoms with Crippen LogP contribution in [0.5, 0.6) is 5.75 Å². The summed E-state index contributed by atoms with van der Waals surface area (Å²) < 4.78 is 5.37. The number of aryl methyl sites for hydroxylation is 2. The molecule has 0 fully saturated rings. The third kappa shape index (κ3) is 6.37. The number of ether oxygens (including phenoxy) is 1.